The van der Waals surface area contributed by atoms with Crippen molar-refractivity contribution in [1.29, 1.82) is 0 Å². The number of alkyl halides is 2. The number of hydrogen-bond donors (Lipinski definition) is 1. The summed E-state index contributed by atoms with van der Waals surface area (Å²) in [6.45, 7) is 1.04. The SMILES string of the molecule is CCc1cc(C(=O)Nc2ccccc2OC(F)F)sc1C. The molecule has 0 atom stereocenters. The molecule has 0 aliphatic carbocycles. The number of thiophene rings is 1. The van der Waals surface area contributed by atoms with Crippen LogP contribution in [0.1, 0.15) is 27.0 Å². The minimum atomic E-state index is -2.93. The smallest absolute Gasteiger partial charge is 0.387 e. The van der Waals surface area contributed by atoms with Crippen LogP contribution in [0.5, 0.6) is 5.75 Å². The Morgan fingerprint density at radius 1 is 1.38 bits per heavy atom. The number of aryl methyl sites for hydroxylation is 2. The van der Waals surface area contributed by atoms with Crippen LogP contribution in [0.4, 0.5) is 14.5 Å². The molecular weight excluding hydrogens is 296 g/mol. The number of ether oxygens (including phenoxy) is 1. The van der Waals surface area contributed by atoms with Gasteiger partial charge in [0.1, 0.15) is 5.75 Å². The predicted molar refractivity (Wildman–Crippen MR) is 79.5 cm³/mol. The van der Waals surface area contributed by atoms with Crippen molar-refractivity contribution in [3.63, 3.8) is 0 Å². The summed E-state index contributed by atoms with van der Waals surface area (Å²) in [6.07, 6.45) is 0.848. The van der Waals surface area contributed by atoms with Crippen molar-refractivity contribution in [3.05, 3.63) is 45.6 Å². The molecule has 0 fully saturated rings. The number of benzene rings is 1. The van der Waals surface area contributed by atoms with E-state index < -0.39 is 6.61 Å². The lowest BCUT2D eigenvalue weighted by Crippen LogP contribution is -2.12. The third-order valence-corrected chi connectivity index (χ3v) is 4.07. The highest BCUT2D eigenvalue weighted by molar-refractivity contribution is 7.14. The maximum absolute atomic E-state index is 12.3. The van der Waals surface area contributed by atoms with E-state index in [-0.39, 0.29) is 17.3 Å². The van der Waals surface area contributed by atoms with Crippen molar-refractivity contribution in [2.45, 2.75) is 26.9 Å². The van der Waals surface area contributed by atoms with E-state index in [1.165, 1.54) is 23.5 Å². The Hall–Kier alpha value is -1.95. The number of carbonyl (C=O) groups excluding carboxylic acids is 1. The summed E-state index contributed by atoms with van der Waals surface area (Å²) in [6, 6.07) is 7.95. The molecule has 1 heterocycles. The molecule has 6 heteroatoms. The molecule has 0 saturated carbocycles. The fraction of sp³-hybridized carbons (Fsp3) is 0.267. The first-order valence-electron chi connectivity index (χ1n) is 6.45. The van der Waals surface area contributed by atoms with Crippen molar-refractivity contribution < 1.29 is 18.3 Å². The fourth-order valence-corrected chi connectivity index (χ4v) is 2.94. The standard InChI is InChI=1S/C15H15F2NO2S/c1-3-10-8-13(21-9(10)2)14(19)18-11-6-4-5-7-12(11)20-15(16)17/h4-8,15H,3H2,1-2H3,(H,18,19). The second kappa shape index (κ2) is 6.67. The number of hydrogen-bond acceptors (Lipinski definition) is 3. The minimum absolute atomic E-state index is 0.0511. The number of halogens is 2. The molecule has 0 unspecified atom stereocenters. The second-order valence-corrected chi connectivity index (χ2v) is 5.63. The summed E-state index contributed by atoms with van der Waals surface area (Å²) in [7, 11) is 0. The van der Waals surface area contributed by atoms with Crippen LogP contribution in [0.3, 0.4) is 0 Å². The Balaban J connectivity index is 2.19. The highest BCUT2D eigenvalue weighted by atomic mass is 32.1. The molecule has 1 amide bonds. The third-order valence-electron chi connectivity index (χ3n) is 2.98. The average molecular weight is 311 g/mol. The molecule has 1 aromatic heterocycles. The predicted octanol–water partition coefficient (Wildman–Crippen LogP) is 4.47. The van der Waals surface area contributed by atoms with E-state index in [2.05, 4.69) is 10.1 Å². The topological polar surface area (TPSA) is 38.3 Å². The summed E-state index contributed by atoms with van der Waals surface area (Å²) in [4.78, 5) is 13.8. The molecule has 0 spiro atoms. The van der Waals surface area contributed by atoms with Crippen LogP contribution in [-0.4, -0.2) is 12.5 Å². The van der Waals surface area contributed by atoms with E-state index in [4.69, 9.17) is 0 Å². The molecule has 1 N–H and O–H groups in total. The maximum atomic E-state index is 12.3. The normalized spacial score (nSPS) is 10.7. The highest BCUT2D eigenvalue weighted by Gasteiger charge is 2.15. The second-order valence-electron chi connectivity index (χ2n) is 4.37. The van der Waals surface area contributed by atoms with Crippen LogP contribution in [0.15, 0.2) is 30.3 Å². The average Bonchev–Trinajstić information content (AvgIpc) is 2.81. The molecule has 0 saturated heterocycles. The van der Waals surface area contributed by atoms with Crippen LogP contribution >= 0.6 is 11.3 Å². The van der Waals surface area contributed by atoms with E-state index >= 15 is 0 Å². The summed E-state index contributed by atoms with van der Waals surface area (Å²) >= 11 is 1.39. The van der Waals surface area contributed by atoms with E-state index in [0.29, 0.717) is 4.88 Å². The van der Waals surface area contributed by atoms with Crippen LogP contribution in [0, 0.1) is 6.92 Å². The molecule has 21 heavy (non-hydrogen) atoms. The molecule has 0 aliphatic rings. The van der Waals surface area contributed by atoms with Gasteiger partial charge in [0.05, 0.1) is 10.6 Å². The number of nitrogens with one attached hydrogen (secondary N) is 1. The van der Waals surface area contributed by atoms with Gasteiger partial charge >= 0.3 is 6.61 Å². The number of carbonyl (C=O) groups is 1. The number of anilines is 1. The third kappa shape index (κ3) is 3.78. The zero-order valence-corrected chi connectivity index (χ0v) is 12.5. The van der Waals surface area contributed by atoms with Gasteiger partial charge in [-0.05, 0) is 37.1 Å². The van der Waals surface area contributed by atoms with Crippen molar-refractivity contribution in [2.75, 3.05) is 5.32 Å². The van der Waals surface area contributed by atoms with Gasteiger partial charge in [-0.25, -0.2) is 0 Å². The lowest BCUT2D eigenvalue weighted by atomic mass is 10.2. The first kappa shape index (κ1) is 15.4. The molecular formula is C15H15F2NO2S. The number of amides is 1. The van der Waals surface area contributed by atoms with Crippen molar-refractivity contribution in [1.82, 2.24) is 0 Å². The molecule has 0 aliphatic heterocycles. The van der Waals surface area contributed by atoms with Gasteiger partial charge in [0.2, 0.25) is 0 Å². The van der Waals surface area contributed by atoms with E-state index in [1.54, 1.807) is 12.1 Å². The van der Waals surface area contributed by atoms with E-state index in [1.807, 2.05) is 19.9 Å². The Morgan fingerprint density at radius 2 is 2.10 bits per heavy atom. The Labute approximate surface area is 125 Å². The van der Waals surface area contributed by atoms with Crippen molar-refractivity contribution >= 4 is 22.9 Å². The Morgan fingerprint density at radius 3 is 2.71 bits per heavy atom. The fourth-order valence-electron chi connectivity index (χ4n) is 1.94. The van der Waals surface area contributed by atoms with Gasteiger partial charge in [0.25, 0.3) is 5.91 Å². The molecule has 3 nitrogen and oxygen atoms in total. The molecule has 0 bridgehead atoms. The summed E-state index contributed by atoms with van der Waals surface area (Å²) in [5, 5.41) is 2.61. The molecule has 2 rings (SSSR count). The highest BCUT2D eigenvalue weighted by Crippen LogP contribution is 2.28. The summed E-state index contributed by atoms with van der Waals surface area (Å²) < 4.78 is 29.0. The molecule has 112 valence electrons. The first-order chi connectivity index (χ1) is 10.0. The number of rotatable bonds is 5. The quantitative estimate of drug-likeness (QED) is 0.884. The van der Waals surface area contributed by atoms with Gasteiger partial charge in [-0.3, -0.25) is 4.79 Å². The minimum Gasteiger partial charge on any atom is -0.433 e. The van der Waals surface area contributed by atoms with Gasteiger partial charge in [-0.1, -0.05) is 19.1 Å². The zero-order chi connectivity index (χ0) is 15.4. The van der Waals surface area contributed by atoms with Crippen molar-refractivity contribution in [2.24, 2.45) is 0 Å². The lowest BCUT2D eigenvalue weighted by molar-refractivity contribution is -0.0493. The zero-order valence-electron chi connectivity index (χ0n) is 11.7. The van der Waals surface area contributed by atoms with Gasteiger partial charge in [-0.15, -0.1) is 11.3 Å². The molecule has 0 radical (unpaired) electrons. The van der Waals surface area contributed by atoms with Gasteiger partial charge < -0.3 is 10.1 Å². The van der Waals surface area contributed by atoms with Crippen molar-refractivity contribution in [3.8, 4) is 5.75 Å². The monoisotopic (exact) mass is 311 g/mol. The number of para-hydroxylation sites is 2. The Kier molecular flexibility index (Phi) is 4.90. The molecule has 1 aromatic carbocycles. The molecule has 2 aromatic rings. The summed E-state index contributed by atoms with van der Waals surface area (Å²) in [5.74, 6) is -0.377. The Bertz CT molecular complexity index is 640. The summed E-state index contributed by atoms with van der Waals surface area (Å²) in [5.41, 5.74) is 1.34. The van der Waals surface area contributed by atoms with Gasteiger partial charge in [0.15, 0.2) is 0 Å². The first-order valence-corrected chi connectivity index (χ1v) is 7.27. The maximum Gasteiger partial charge on any atom is 0.387 e. The van der Waals surface area contributed by atoms with Crippen LogP contribution in [0.25, 0.3) is 0 Å². The van der Waals surface area contributed by atoms with Crippen LogP contribution in [-0.2, 0) is 6.42 Å². The van der Waals surface area contributed by atoms with E-state index in [9.17, 15) is 13.6 Å². The van der Waals surface area contributed by atoms with E-state index in [0.717, 1.165) is 16.9 Å². The van der Waals surface area contributed by atoms with Gasteiger partial charge in [0, 0.05) is 4.88 Å². The lowest BCUT2D eigenvalue weighted by Gasteiger charge is -2.10. The van der Waals surface area contributed by atoms with Crippen LogP contribution < -0.4 is 10.1 Å². The largest absolute Gasteiger partial charge is 0.433 e. The van der Waals surface area contributed by atoms with Crippen LogP contribution in [0.2, 0.25) is 0 Å². The van der Waals surface area contributed by atoms with Gasteiger partial charge in [-0.2, -0.15) is 8.78 Å².